The Morgan fingerprint density at radius 3 is 2.41 bits per heavy atom. The monoisotopic (exact) mass is 449 g/mol. The smallest absolute Gasteiger partial charge is 0.255 e. The number of piperazine rings is 1. The average Bonchev–Trinajstić information content (AvgIpc) is 3.35. The molecule has 0 bridgehead atoms. The second-order valence-electron chi connectivity index (χ2n) is 8.22. The summed E-state index contributed by atoms with van der Waals surface area (Å²) in [7, 11) is 1.60. The highest BCUT2D eigenvalue weighted by Gasteiger charge is 2.31. The first-order chi connectivity index (χ1) is 15.7. The summed E-state index contributed by atoms with van der Waals surface area (Å²) in [6.45, 7) is 7.08. The predicted molar refractivity (Wildman–Crippen MR) is 130 cm³/mol. The van der Waals surface area contributed by atoms with Crippen LogP contribution in [0.1, 0.15) is 33.8 Å². The Kier molecular flexibility index (Phi) is 7.58. The van der Waals surface area contributed by atoms with Crippen LogP contribution in [-0.4, -0.2) is 55.0 Å². The first-order valence-electron chi connectivity index (χ1n) is 11.1. The topological polar surface area (TPSA) is 44.8 Å². The van der Waals surface area contributed by atoms with Crippen molar-refractivity contribution in [2.24, 2.45) is 0 Å². The summed E-state index contributed by atoms with van der Waals surface area (Å²) in [6.07, 6.45) is 0. The number of hydrogen-bond donors (Lipinski definition) is 1. The molecule has 0 saturated carbocycles. The number of hydrogen-bond acceptors (Lipinski definition) is 5. The van der Waals surface area contributed by atoms with Gasteiger partial charge in [-0.1, -0.05) is 48.5 Å². The molecule has 168 valence electrons. The highest BCUT2D eigenvalue weighted by molar-refractivity contribution is 7.10. The van der Waals surface area contributed by atoms with Gasteiger partial charge in [-0.05, 0) is 36.1 Å². The number of nitrogens with zero attached hydrogens (tertiary/aromatic N) is 2. The van der Waals surface area contributed by atoms with E-state index in [9.17, 15) is 4.79 Å². The molecule has 1 aliphatic rings. The van der Waals surface area contributed by atoms with Crippen molar-refractivity contribution >= 4 is 17.2 Å². The van der Waals surface area contributed by atoms with Gasteiger partial charge in [0.15, 0.2) is 0 Å². The second kappa shape index (κ2) is 10.8. The molecule has 0 aliphatic carbocycles. The van der Waals surface area contributed by atoms with Crippen LogP contribution in [-0.2, 0) is 6.54 Å². The summed E-state index contributed by atoms with van der Waals surface area (Å²) in [5, 5.41) is 5.35. The van der Waals surface area contributed by atoms with Gasteiger partial charge < -0.3 is 10.1 Å². The van der Waals surface area contributed by atoms with Crippen LogP contribution < -0.4 is 10.1 Å². The quantitative estimate of drug-likeness (QED) is 0.552. The largest absolute Gasteiger partial charge is 0.496 e. The highest BCUT2D eigenvalue weighted by atomic mass is 32.1. The van der Waals surface area contributed by atoms with Crippen molar-refractivity contribution in [2.45, 2.75) is 25.6 Å². The van der Waals surface area contributed by atoms with E-state index in [0.29, 0.717) is 11.3 Å². The number of amides is 1. The molecule has 2 heterocycles. The summed E-state index contributed by atoms with van der Waals surface area (Å²) in [6, 6.07) is 22.4. The second-order valence-corrected chi connectivity index (χ2v) is 9.20. The maximum Gasteiger partial charge on any atom is 0.255 e. The third-order valence-electron chi connectivity index (χ3n) is 6.07. The summed E-state index contributed by atoms with van der Waals surface area (Å²) in [5.41, 5.74) is 1.92. The van der Waals surface area contributed by atoms with E-state index in [-0.39, 0.29) is 18.0 Å². The molecule has 1 aliphatic heterocycles. The molecule has 1 amide bonds. The number of carbonyl (C=O) groups excluding carboxylic acids is 1. The zero-order valence-electron chi connectivity index (χ0n) is 18.7. The molecule has 4 rings (SSSR count). The number of para-hydroxylation sites is 1. The molecule has 1 saturated heterocycles. The zero-order chi connectivity index (χ0) is 22.3. The fourth-order valence-electron chi connectivity index (χ4n) is 4.44. The lowest BCUT2D eigenvalue weighted by atomic mass is 10.0. The van der Waals surface area contributed by atoms with Crippen molar-refractivity contribution in [1.29, 1.82) is 0 Å². The number of carbonyl (C=O) groups is 1. The van der Waals surface area contributed by atoms with E-state index in [0.717, 1.165) is 32.7 Å². The van der Waals surface area contributed by atoms with Crippen LogP contribution in [0.2, 0.25) is 0 Å². The molecule has 1 aromatic heterocycles. The molecule has 6 heteroatoms. The molecule has 0 spiro atoms. The van der Waals surface area contributed by atoms with E-state index < -0.39 is 0 Å². The van der Waals surface area contributed by atoms with Gasteiger partial charge in [0.2, 0.25) is 0 Å². The lowest BCUT2D eigenvalue weighted by Crippen LogP contribution is -2.52. The standard InChI is InChI=1S/C26H31N3O2S/c1-20(27-26(30)22-11-6-7-12-23(22)31-2)25(24-13-8-18-32-24)29-16-14-28(15-17-29)19-21-9-4-3-5-10-21/h3-13,18,20,25H,14-17,19H2,1-2H3,(H,27,30)/t20-,25+/m0/s1. The van der Waals surface area contributed by atoms with Gasteiger partial charge in [-0.15, -0.1) is 11.3 Å². The molecule has 2 atom stereocenters. The van der Waals surface area contributed by atoms with Gasteiger partial charge in [-0.25, -0.2) is 0 Å². The Morgan fingerprint density at radius 2 is 1.72 bits per heavy atom. The summed E-state index contributed by atoms with van der Waals surface area (Å²) in [5.74, 6) is 0.499. The number of nitrogens with one attached hydrogen (secondary N) is 1. The van der Waals surface area contributed by atoms with E-state index >= 15 is 0 Å². The molecule has 1 fully saturated rings. The summed E-state index contributed by atoms with van der Waals surface area (Å²) < 4.78 is 5.38. The van der Waals surface area contributed by atoms with E-state index in [1.54, 1.807) is 18.4 Å². The fraction of sp³-hybridized carbons (Fsp3) is 0.346. The van der Waals surface area contributed by atoms with Crippen molar-refractivity contribution in [3.63, 3.8) is 0 Å². The maximum absolute atomic E-state index is 13.0. The number of ether oxygens (including phenoxy) is 1. The van der Waals surface area contributed by atoms with Gasteiger partial charge in [0.05, 0.1) is 18.7 Å². The number of methoxy groups -OCH3 is 1. The van der Waals surface area contributed by atoms with Crippen LogP contribution in [0.3, 0.4) is 0 Å². The summed E-state index contributed by atoms with van der Waals surface area (Å²) >= 11 is 1.76. The van der Waals surface area contributed by atoms with Gasteiger partial charge in [0.1, 0.15) is 5.75 Å². The Labute approximate surface area is 194 Å². The highest BCUT2D eigenvalue weighted by Crippen LogP contribution is 2.30. The minimum atomic E-state index is -0.0979. The zero-order valence-corrected chi connectivity index (χ0v) is 19.6. The minimum absolute atomic E-state index is 0.0354. The average molecular weight is 450 g/mol. The van der Waals surface area contributed by atoms with Crippen molar-refractivity contribution in [3.8, 4) is 5.75 Å². The van der Waals surface area contributed by atoms with Crippen molar-refractivity contribution in [2.75, 3.05) is 33.3 Å². The van der Waals surface area contributed by atoms with Crippen LogP contribution in [0.4, 0.5) is 0 Å². The Morgan fingerprint density at radius 1 is 1.00 bits per heavy atom. The van der Waals surface area contributed by atoms with Crippen LogP contribution in [0, 0.1) is 0 Å². The predicted octanol–water partition coefficient (Wildman–Crippen LogP) is 4.43. The van der Waals surface area contributed by atoms with Gasteiger partial charge in [-0.3, -0.25) is 14.6 Å². The summed E-state index contributed by atoms with van der Waals surface area (Å²) in [4.78, 5) is 19.3. The van der Waals surface area contributed by atoms with Crippen LogP contribution in [0.5, 0.6) is 5.75 Å². The van der Waals surface area contributed by atoms with Crippen molar-refractivity contribution in [3.05, 3.63) is 88.1 Å². The van der Waals surface area contributed by atoms with E-state index in [1.807, 2.05) is 24.3 Å². The maximum atomic E-state index is 13.0. The lowest BCUT2D eigenvalue weighted by molar-refractivity contribution is 0.0713. The molecule has 0 unspecified atom stereocenters. The van der Waals surface area contributed by atoms with Gasteiger partial charge in [0, 0.05) is 43.6 Å². The van der Waals surface area contributed by atoms with Gasteiger partial charge in [-0.2, -0.15) is 0 Å². The third kappa shape index (κ3) is 5.38. The van der Waals surface area contributed by atoms with Crippen molar-refractivity contribution < 1.29 is 9.53 Å². The number of thiophene rings is 1. The molecular formula is C26H31N3O2S. The first-order valence-corrected chi connectivity index (χ1v) is 12.0. The van der Waals surface area contributed by atoms with Crippen LogP contribution >= 0.6 is 11.3 Å². The normalized spacial score (nSPS) is 16.9. The molecular weight excluding hydrogens is 418 g/mol. The third-order valence-corrected chi connectivity index (χ3v) is 7.01. The SMILES string of the molecule is COc1ccccc1C(=O)N[C@@H](C)[C@H](c1cccs1)N1CCN(Cc2ccccc2)CC1. The Hall–Kier alpha value is -2.67. The molecule has 3 aromatic rings. The lowest BCUT2D eigenvalue weighted by Gasteiger charge is -2.41. The molecule has 2 aromatic carbocycles. The molecule has 32 heavy (non-hydrogen) atoms. The molecule has 5 nitrogen and oxygen atoms in total. The number of benzene rings is 2. The van der Waals surface area contributed by atoms with Gasteiger partial charge in [0.25, 0.3) is 5.91 Å². The van der Waals surface area contributed by atoms with Crippen molar-refractivity contribution in [1.82, 2.24) is 15.1 Å². The molecule has 0 radical (unpaired) electrons. The van der Waals surface area contributed by atoms with Gasteiger partial charge >= 0.3 is 0 Å². The fourth-order valence-corrected chi connectivity index (χ4v) is 5.40. The van der Waals surface area contributed by atoms with E-state index in [4.69, 9.17) is 4.74 Å². The van der Waals surface area contributed by atoms with Crippen LogP contribution in [0.15, 0.2) is 72.1 Å². The minimum Gasteiger partial charge on any atom is -0.496 e. The Bertz CT molecular complexity index is 985. The Balaban J connectivity index is 1.43. The molecule has 1 N–H and O–H groups in total. The van der Waals surface area contributed by atoms with E-state index in [2.05, 4.69) is 69.9 Å². The van der Waals surface area contributed by atoms with Crippen LogP contribution in [0.25, 0.3) is 0 Å². The number of rotatable bonds is 8. The van der Waals surface area contributed by atoms with E-state index in [1.165, 1.54) is 10.4 Å². The first kappa shape index (κ1) is 22.5.